The molecule has 156 valence electrons. The van der Waals surface area contributed by atoms with Gasteiger partial charge in [0.2, 0.25) is 0 Å². The fraction of sp³-hybridized carbons (Fsp3) is 0.375. The minimum absolute atomic E-state index is 0.106. The molecule has 1 spiro atoms. The van der Waals surface area contributed by atoms with Gasteiger partial charge >= 0.3 is 0 Å². The Morgan fingerprint density at radius 2 is 1.80 bits per heavy atom. The first-order valence-electron chi connectivity index (χ1n) is 10.3. The number of nitrogens with zero attached hydrogens (tertiary/aromatic N) is 1. The van der Waals surface area contributed by atoms with E-state index in [-0.39, 0.29) is 18.3 Å². The largest absolute Gasteiger partial charge is 0.451 e. The Bertz CT molecular complexity index is 1100. The van der Waals surface area contributed by atoms with E-state index in [9.17, 15) is 14.3 Å². The Balaban J connectivity index is 1.30. The lowest BCUT2D eigenvalue weighted by Crippen LogP contribution is -2.47. The molecule has 2 aliphatic rings. The van der Waals surface area contributed by atoms with E-state index in [4.69, 9.17) is 9.15 Å². The summed E-state index contributed by atoms with van der Waals surface area (Å²) in [5.74, 6) is -0.0451. The number of fused-ring (bicyclic) bond motifs is 1. The van der Waals surface area contributed by atoms with Crippen molar-refractivity contribution in [1.29, 1.82) is 0 Å². The van der Waals surface area contributed by atoms with Crippen LogP contribution in [-0.2, 0) is 10.3 Å². The molecule has 6 heteroatoms. The zero-order valence-corrected chi connectivity index (χ0v) is 16.9. The highest BCUT2D eigenvalue weighted by Gasteiger charge is 2.51. The van der Waals surface area contributed by atoms with Gasteiger partial charge in [-0.15, -0.1) is 0 Å². The first-order valence-corrected chi connectivity index (χ1v) is 10.3. The SMILES string of the molecule is Cc1c(C(=O)N2CCC3(CC2)C[C@@](O)(c2ccc(F)cc2)CO3)oc2ccccc12. The van der Waals surface area contributed by atoms with Gasteiger partial charge in [0.15, 0.2) is 5.76 Å². The Morgan fingerprint density at radius 1 is 1.10 bits per heavy atom. The topological polar surface area (TPSA) is 62.9 Å². The molecule has 0 saturated carbocycles. The maximum absolute atomic E-state index is 13.2. The number of carbonyl (C=O) groups is 1. The highest BCUT2D eigenvalue weighted by atomic mass is 19.1. The number of hydrogen-bond donors (Lipinski definition) is 1. The lowest BCUT2D eigenvalue weighted by atomic mass is 9.80. The highest BCUT2D eigenvalue weighted by molar-refractivity contribution is 5.98. The predicted octanol–water partition coefficient (Wildman–Crippen LogP) is 4.16. The molecule has 5 nitrogen and oxygen atoms in total. The second kappa shape index (κ2) is 6.93. The van der Waals surface area contributed by atoms with Crippen LogP contribution in [0.4, 0.5) is 4.39 Å². The lowest BCUT2D eigenvalue weighted by Gasteiger charge is -2.38. The fourth-order valence-electron chi connectivity index (χ4n) is 4.81. The lowest BCUT2D eigenvalue weighted by molar-refractivity contribution is -0.0434. The van der Waals surface area contributed by atoms with Crippen LogP contribution in [0.2, 0.25) is 0 Å². The van der Waals surface area contributed by atoms with E-state index in [0.717, 1.165) is 16.5 Å². The van der Waals surface area contributed by atoms with Crippen molar-refractivity contribution in [3.8, 4) is 0 Å². The number of carbonyl (C=O) groups excluding carboxylic acids is 1. The smallest absolute Gasteiger partial charge is 0.289 e. The minimum Gasteiger partial charge on any atom is -0.451 e. The van der Waals surface area contributed by atoms with Crippen LogP contribution < -0.4 is 0 Å². The number of amides is 1. The molecule has 3 heterocycles. The summed E-state index contributed by atoms with van der Waals surface area (Å²) in [7, 11) is 0. The molecule has 5 rings (SSSR count). The molecule has 0 unspecified atom stereocenters. The first kappa shape index (κ1) is 19.3. The van der Waals surface area contributed by atoms with Gasteiger partial charge in [0.1, 0.15) is 17.0 Å². The Kier molecular flexibility index (Phi) is 4.45. The van der Waals surface area contributed by atoms with Gasteiger partial charge in [0.05, 0.1) is 12.2 Å². The predicted molar refractivity (Wildman–Crippen MR) is 110 cm³/mol. The normalized spacial score (nSPS) is 23.4. The second-order valence-electron chi connectivity index (χ2n) is 8.53. The van der Waals surface area contributed by atoms with Crippen LogP contribution in [0.25, 0.3) is 11.0 Å². The molecular formula is C24H24FNO4. The van der Waals surface area contributed by atoms with Crippen LogP contribution in [0.1, 0.15) is 40.9 Å². The van der Waals surface area contributed by atoms with Gasteiger partial charge in [-0.2, -0.15) is 0 Å². The molecule has 3 aromatic rings. The summed E-state index contributed by atoms with van der Waals surface area (Å²) in [6.45, 7) is 3.16. The number of halogens is 1. The molecular weight excluding hydrogens is 385 g/mol. The summed E-state index contributed by atoms with van der Waals surface area (Å²) in [5.41, 5.74) is 0.643. The number of likely N-dealkylation sites (tertiary alicyclic amines) is 1. The maximum atomic E-state index is 13.2. The zero-order chi connectivity index (χ0) is 20.9. The van der Waals surface area contributed by atoms with Crippen molar-refractivity contribution in [3.63, 3.8) is 0 Å². The van der Waals surface area contributed by atoms with E-state index < -0.39 is 11.2 Å². The number of aliphatic hydroxyl groups is 1. The number of rotatable bonds is 2. The molecule has 1 N–H and O–H groups in total. The Labute approximate surface area is 174 Å². The molecule has 2 saturated heterocycles. The number of piperidine rings is 1. The quantitative estimate of drug-likeness (QED) is 0.690. The third kappa shape index (κ3) is 3.11. The number of para-hydroxylation sites is 1. The summed E-state index contributed by atoms with van der Waals surface area (Å²) < 4.78 is 25.2. The zero-order valence-electron chi connectivity index (χ0n) is 16.9. The highest BCUT2D eigenvalue weighted by Crippen LogP contribution is 2.45. The minimum atomic E-state index is -1.13. The van der Waals surface area contributed by atoms with Crippen LogP contribution in [0.15, 0.2) is 52.9 Å². The monoisotopic (exact) mass is 409 g/mol. The van der Waals surface area contributed by atoms with Gasteiger partial charge in [-0.25, -0.2) is 4.39 Å². The average Bonchev–Trinajstić information content (AvgIpc) is 3.27. The maximum Gasteiger partial charge on any atom is 0.289 e. The van der Waals surface area contributed by atoms with Gasteiger partial charge in [-0.1, -0.05) is 30.3 Å². The van der Waals surface area contributed by atoms with E-state index >= 15 is 0 Å². The molecule has 2 aromatic carbocycles. The summed E-state index contributed by atoms with van der Waals surface area (Å²) in [5, 5.41) is 12.1. The molecule has 0 aliphatic carbocycles. The van der Waals surface area contributed by atoms with Gasteiger partial charge < -0.3 is 19.2 Å². The molecule has 0 radical (unpaired) electrons. The standard InChI is InChI=1S/C24H24FNO4/c1-16-19-4-2-3-5-20(19)30-21(16)22(27)26-12-10-23(11-13-26)14-24(28,15-29-23)17-6-8-18(25)9-7-17/h2-9,28H,10-15H2,1H3/t24-/m0/s1. The molecule has 1 aromatic heterocycles. The number of hydrogen-bond acceptors (Lipinski definition) is 4. The molecule has 30 heavy (non-hydrogen) atoms. The van der Waals surface area contributed by atoms with Crippen LogP contribution in [0.3, 0.4) is 0 Å². The van der Waals surface area contributed by atoms with Crippen molar-refractivity contribution in [2.45, 2.75) is 37.4 Å². The van der Waals surface area contributed by atoms with Crippen LogP contribution in [-0.4, -0.2) is 41.2 Å². The number of furan rings is 1. The first-order chi connectivity index (χ1) is 14.4. The molecule has 1 amide bonds. The summed E-state index contributed by atoms with van der Waals surface area (Å²) in [6.07, 6.45) is 1.72. The van der Waals surface area contributed by atoms with Gasteiger partial charge in [-0.05, 0) is 43.5 Å². The van der Waals surface area contributed by atoms with E-state index in [1.807, 2.05) is 31.2 Å². The Hall–Kier alpha value is -2.70. The summed E-state index contributed by atoms with van der Waals surface area (Å²) in [4.78, 5) is 14.9. The fourth-order valence-corrected chi connectivity index (χ4v) is 4.81. The second-order valence-corrected chi connectivity index (χ2v) is 8.53. The molecule has 0 bridgehead atoms. The van der Waals surface area contributed by atoms with Crippen molar-refractivity contribution in [1.82, 2.24) is 4.90 Å². The van der Waals surface area contributed by atoms with Crippen LogP contribution in [0.5, 0.6) is 0 Å². The third-order valence-electron chi connectivity index (χ3n) is 6.61. The molecule has 2 fully saturated rings. The molecule has 1 atom stereocenters. The van der Waals surface area contributed by atoms with Crippen molar-refractivity contribution in [2.24, 2.45) is 0 Å². The summed E-state index contributed by atoms with van der Waals surface area (Å²) in [6, 6.07) is 13.6. The number of benzene rings is 2. The average molecular weight is 409 g/mol. The van der Waals surface area contributed by atoms with Crippen molar-refractivity contribution in [3.05, 3.63) is 71.2 Å². The summed E-state index contributed by atoms with van der Waals surface area (Å²) >= 11 is 0. The van der Waals surface area contributed by atoms with Gasteiger partial charge in [-0.3, -0.25) is 4.79 Å². The van der Waals surface area contributed by atoms with Gasteiger partial charge in [0.25, 0.3) is 5.91 Å². The van der Waals surface area contributed by atoms with E-state index in [1.54, 1.807) is 17.0 Å². The Morgan fingerprint density at radius 3 is 2.50 bits per heavy atom. The van der Waals surface area contributed by atoms with Crippen LogP contribution >= 0.6 is 0 Å². The number of aryl methyl sites for hydroxylation is 1. The van der Waals surface area contributed by atoms with Crippen molar-refractivity contribution >= 4 is 16.9 Å². The molecule has 2 aliphatic heterocycles. The van der Waals surface area contributed by atoms with Crippen LogP contribution in [0, 0.1) is 12.7 Å². The van der Waals surface area contributed by atoms with Crippen molar-refractivity contribution < 1.29 is 23.4 Å². The van der Waals surface area contributed by atoms with E-state index in [0.29, 0.717) is 43.7 Å². The van der Waals surface area contributed by atoms with Crippen molar-refractivity contribution in [2.75, 3.05) is 19.7 Å². The third-order valence-corrected chi connectivity index (χ3v) is 6.61. The van der Waals surface area contributed by atoms with E-state index in [2.05, 4.69) is 0 Å². The van der Waals surface area contributed by atoms with E-state index in [1.165, 1.54) is 12.1 Å². The number of ether oxygens (including phenoxy) is 1. The van der Waals surface area contributed by atoms with Gasteiger partial charge in [0, 0.05) is 30.5 Å².